The molecule has 1 aromatic heterocycles. The Balaban J connectivity index is 2.03. The maximum absolute atomic E-state index is 12.1. The third-order valence-electron chi connectivity index (χ3n) is 2.33. The highest BCUT2D eigenvalue weighted by atomic mass is 79.9. The van der Waals surface area contributed by atoms with Crippen LogP contribution in [0.3, 0.4) is 0 Å². The van der Waals surface area contributed by atoms with Gasteiger partial charge in [-0.25, -0.2) is 4.98 Å². The molecule has 0 N–H and O–H groups in total. The van der Waals surface area contributed by atoms with Crippen LogP contribution in [0.2, 0.25) is 5.15 Å². The number of pyridine rings is 1. The van der Waals surface area contributed by atoms with E-state index in [1.54, 1.807) is 12.1 Å². The molecule has 0 aliphatic heterocycles. The lowest BCUT2D eigenvalue weighted by atomic mass is 10.3. The van der Waals surface area contributed by atoms with Crippen LogP contribution < -0.4 is 9.47 Å². The van der Waals surface area contributed by atoms with E-state index in [-0.39, 0.29) is 16.8 Å². The Labute approximate surface area is 131 Å². The third-order valence-corrected chi connectivity index (χ3v) is 3.15. The zero-order valence-corrected chi connectivity index (χ0v) is 12.7. The number of alkyl halides is 3. The molecule has 0 aliphatic rings. The molecular formula is C13H8BrClF3NO2. The van der Waals surface area contributed by atoms with Gasteiger partial charge in [0.1, 0.15) is 23.3 Å². The third kappa shape index (κ3) is 5.09. The van der Waals surface area contributed by atoms with Crippen molar-refractivity contribution in [2.45, 2.75) is 13.0 Å². The SMILES string of the molecule is FC(F)(F)Oc1ccc(OCc2ccnc(Cl)c2)cc1Br. The largest absolute Gasteiger partial charge is 0.573 e. The van der Waals surface area contributed by atoms with Gasteiger partial charge >= 0.3 is 6.36 Å². The predicted molar refractivity (Wildman–Crippen MR) is 74.4 cm³/mol. The zero-order chi connectivity index (χ0) is 15.5. The monoisotopic (exact) mass is 381 g/mol. The van der Waals surface area contributed by atoms with Crippen LogP contribution in [-0.2, 0) is 6.61 Å². The summed E-state index contributed by atoms with van der Waals surface area (Å²) in [4.78, 5) is 3.83. The fraction of sp³-hybridized carbons (Fsp3) is 0.154. The molecule has 3 nitrogen and oxygen atoms in total. The van der Waals surface area contributed by atoms with Gasteiger partial charge in [0.2, 0.25) is 0 Å². The van der Waals surface area contributed by atoms with Crippen molar-refractivity contribution in [1.82, 2.24) is 4.98 Å². The van der Waals surface area contributed by atoms with Gasteiger partial charge in [-0.1, -0.05) is 11.6 Å². The molecule has 0 fully saturated rings. The zero-order valence-electron chi connectivity index (χ0n) is 10.3. The van der Waals surface area contributed by atoms with Crippen LogP contribution in [0.15, 0.2) is 41.0 Å². The van der Waals surface area contributed by atoms with E-state index in [1.165, 1.54) is 24.4 Å². The van der Waals surface area contributed by atoms with Crippen LogP contribution in [0, 0.1) is 0 Å². The van der Waals surface area contributed by atoms with Gasteiger partial charge in [-0.15, -0.1) is 13.2 Å². The highest BCUT2D eigenvalue weighted by Crippen LogP contribution is 2.33. The normalized spacial score (nSPS) is 11.3. The van der Waals surface area contributed by atoms with Crippen LogP contribution in [0.4, 0.5) is 13.2 Å². The van der Waals surface area contributed by atoms with E-state index in [1.807, 2.05) is 0 Å². The molecule has 0 unspecified atom stereocenters. The first-order chi connectivity index (χ1) is 9.83. The highest BCUT2D eigenvalue weighted by Gasteiger charge is 2.31. The molecule has 112 valence electrons. The molecule has 1 aromatic carbocycles. The lowest BCUT2D eigenvalue weighted by Gasteiger charge is -2.12. The molecule has 1 heterocycles. The molecule has 0 bridgehead atoms. The fourth-order valence-electron chi connectivity index (χ4n) is 1.48. The summed E-state index contributed by atoms with van der Waals surface area (Å²) in [7, 11) is 0. The number of halogens is 5. The van der Waals surface area contributed by atoms with Gasteiger partial charge in [-0.3, -0.25) is 0 Å². The van der Waals surface area contributed by atoms with Crippen molar-refractivity contribution >= 4 is 27.5 Å². The molecule has 0 aliphatic carbocycles. The van der Waals surface area contributed by atoms with Crippen LogP contribution in [-0.4, -0.2) is 11.3 Å². The minimum Gasteiger partial charge on any atom is -0.489 e. The number of hydrogen-bond acceptors (Lipinski definition) is 3. The van der Waals surface area contributed by atoms with Crippen molar-refractivity contribution in [3.8, 4) is 11.5 Å². The van der Waals surface area contributed by atoms with E-state index in [9.17, 15) is 13.2 Å². The first-order valence-electron chi connectivity index (χ1n) is 5.62. The molecular weight excluding hydrogens is 374 g/mol. The Morgan fingerprint density at radius 2 is 1.95 bits per heavy atom. The number of nitrogens with zero attached hydrogens (tertiary/aromatic N) is 1. The first-order valence-corrected chi connectivity index (χ1v) is 6.79. The Morgan fingerprint density at radius 1 is 1.19 bits per heavy atom. The number of benzene rings is 1. The van der Waals surface area contributed by atoms with Crippen LogP contribution in [0.1, 0.15) is 5.56 Å². The Morgan fingerprint density at radius 3 is 2.57 bits per heavy atom. The lowest BCUT2D eigenvalue weighted by Crippen LogP contribution is -2.17. The van der Waals surface area contributed by atoms with E-state index in [2.05, 4.69) is 25.7 Å². The lowest BCUT2D eigenvalue weighted by molar-refractivity contribution is -0.274. The molecule has 2 rings (SSSR count). The van der Waals surface area contributed by atoms with Gasteiger partial charge in [0.05, 0.1) is 4.47 Å². The van der Waals surface area contributed by atoms with Gasteiger partial charge in [0.15, 0.2) is 0 Å². The van der Waals surface area contributed by atoms with E-state index in [4.69, 9.17) is 16.3 Å². The summed E-state index contributed by atoms with van der Waals surface area (Å²) >= 11 is 8.74. The molecule has 0 atom stereocenters. The molecule has 0 spiro atoms. The van der Waals surface area contributed by atoms with Crippen molar-refractivity contribution in [2.24, 2.45) is 0 Å². The van der Waals surface area contributed by atoms with Gasteiger partial charge in [0.25, 0.3) is 0 Å². The van der Waals surface area contributed by atoms with Crippen molar-refractivity contribution in [2.75, 3.05) is 0 Å². The molecule has 0 saturated carbocycles. The molecule has 0 saturated heterocycles. The Kier molecular flexibility index (Phi) is 4.95. The van der Waals surface area contributed by atoms with Crippen molar-refractivity contribution in [3.05, 3.63) is 51.7 Å². The van der Waals surface area contributed by atoms with Gasteiger partial charge in [-0.05, 0) is 51.8 Å². The molecule has 21 heavy (non-hydrogen) atoms. The number of rotatable bonds is 4. The summed E-state index contributed by atoms with van der Waals surface area (Å²) in [6, 6.07) is 7.31. The number of hydrogen-bond donors (Lipinski definition) is 0. The summed E-state index contributed by atoms with van der Waals surface area (Å²) in [5, 5.41) is 0.339. The smallest absolute Gasteiger partial charge is 0.489 e. The quantitative estimate of drug-likeness (QED) is 0.699. The number of ether oxygens (including phenoxy) is 2. The summed E-state index contributed by atoms with van der Waals surface area (Å²) in [6.07, 6.45) is -3.20. The van der Waals surface area contributed by atoms with E-state index < -0.39 is 6.36 Å². The van der Waals surface area contributed by atoms with Gasteiger partial charge < -0.3 is 9.47 Å². The van der Waals surface area contributed by atoms with Crippen molar-refractivity contribution in [3.63, 3.8) is 0 Å². The molecule has 8 heteroatoms. The van der Waals surface area contributed by atoms with Crippen LogP contribution in [0.25, 0.3) is 0 Å². The molecule has 0 radical (unpaired) electrons. The van der Waals surface area contributed by atoms with Crippen LogP contribution >= 0.6 is 27.5 Å². The summed E-state index contributed by atoms with van der Waals surface area (Å²) < 4.78 is 45.9. The maximum atomic E-state index is 12.1. The molecule has 2 aromatic rings. The highest BCUT2D eigenvalue weighted by molar-refractivity contribution is 9.10. The van der Waals surface area contributed by atoms with E-state index in [0.717, 1.165) is 5.56 Å². The van der Waals surface area contributed by atoms with E-state index >= 15 is 0 Å². The Hall–Kier alpha value is -1.47. The number of aromatic nitrogens is 1. The topological polar surface area (TPSA) is 31.4 Å². The molecule has 0 amide bonds. The van der Waals surface area contributed by atoms with Crippen LogP contribution in [0.5, 0.6) is 11.5 Å². The maximum Gasteiger partial charge on any atom is 0.573 e. The standard InChI is InChI=1S/C13H8BrClF3NO2/c14-10-6-9(1-2-11(10)21-13(16,17)18)20-7-8-3-4-19-12(15)5-8/h1-6H,7H2. The average Bonchev–Trinajstić information content (AvgIpc) is 2.38. The summed E-state index contributed by atoms with van der Waals surface area (Å²) in [5.41, 5.74) is 0.793. The second-order valence-electron chi connectivity index (χ2n) is 3.92. The summed E-state index contributed by atoms with van der Waals surface area (Å²) in [6.45, 7) is 0.216. The second kappa shape index (κ2) is 6.53. The predicted octanol–water partition coefficient (Wildman–Crippen LogP) is 4.98. The average molecular weight is 383 g/mol. The fourth-order valence-corrected chi connectivity index (χ4v) is 2.11. The Bertz CT molecular complexity index is 637. The second-order valence-corrected chi connectivity index (χ2v) is 5.16. The van der Waals surface area contributed by atoms with Gasteiger partial charge in [0, 0.05) is 6.20 Å². The first kappa shape index (κ1) is 15.9. The van der Waals surface area contributed by atoms with Crippen molar-refractivity contribution in [1.29, 1.82) is 0 Å². The minimum absolute atomic E-state index is 0.144. The minimum atomic E-state index is -4.74. The van der Waals surface area contributed by atoms with Gasteiger partial charge in [-0.2, -0.15) is 0 Å². The van der Waals surface area contributed by atoms with E-state index in [0.29, 0.717) is 10.9 Å². The van der Waals surface area contributed by atoms with Crippen molar-refractivity contribution < 1.29 is 22.6 Å². The summed E-state index contributed by atoms with van der Waals surface area (Å²) in [5.74, 6) is 0.0612.